The van der Waals surface area contributed by atoms with Crippen molar-refractivity contribution in [3.8, 4) is 5.75 Å². The first-order valence-electron chi connectivity index (χ1n) is 9.52. The number of carbonyl (C=O) groups excluding carboxylic acids is 1. The summed E-state index contributed by atoms with van der Waals surface area (Å²) < 4.78 is 46.5. The van der Waals surface area contributed by atoms with Crippen LogP contribution < -0.4 is 14.8 Å². The lowest BCUT2D eigenvalue weighted by molar-refractivity contribution is -0.118. The summed E-state index contributed by atoms with van der Waals surface area (Å²) in [5, 5.41) is 2.58. The molecule has 1 amide bonds. The molecule has 0 bridgehead atoms. The number of halogens is 1. The number of hydrogen-bond donors (Lipinski definition) is 2. The Balaban J connectivity index is 1.61. The van der Waals surface area contributed by atoms with E-state index in [2.05, 4.69) is 10.0 Å². The average Bonchev–Trinajstić information content (AvgIpc) is 2.68. The van der Waals surface area contributed by atoms with Gasteiger partial charge in [0.1, 0.15) is 11.6 Å². The fourth-order valence-electron chi connectivity index (χ4n) is 3.03. The molecule has 3 rings (SSSR count). The maximum atomic E-state index is 13.3. The molecule has 31 heavy (non-hydrogen) atoms. The predicted octanol–water partition coefficient (Wildman–Crippen LogP) is 4.57. The van der Waals surface area contributed by atoms with Crippen LogP contribution in [0, 0.1) is 26.6 Å². The molecule has 2 N–H and O–H groups in total. The number of benzene rings is 3. The normalized spacial score (nSPS) is 11.1. The third kappa shape index (κ3) is 6.05. The van der Waals surface area contributed by atoms with Gasteiger partial charge in [0.05, 0.1) is 4.90 Å². The Morgan fingerprint density at radius 2 is 1.58 bits per heavy atom. The number of rotatable bonds is 7. The largest absolute Gasteiger partial charge is 0.484 e. The van der Waals surface area contributed by atoms with Crippen molar-refractivity contribution in [1.82, 2.24) is 0 Å². The van der Waals surface area contributed by atoms with Crippen molar-refractivity contribution in [3.05, 3.63) is 83.2 Å². The molecule has 0 unspecified atom stereocenters. The highest BCUT2D eigenvalue weighted by molar-refractivity contribution is 7.92. The van der Waals surface area contributed by atoms with E-state index in [-0.39, 0.29) is 11.5 Å². The zero-order valence-corrected chi connectivity index (χ0v) is 18.2. The zero-order valence-electron chi connectivity index (χ0n) is 17.4. The lowest BCUT2D eigenvalue weighted by Crippen LogP contribution is -2.20. The Labute approximate surface area is 181 Å². The highest BCUT2D eigenvalue weighted by atomic mass is 32.2. The Kier molecular flexibility index (Phi) is 6.60. The number of amides is 1. The second kappa shape index (κ2) is 9.18. The molecule has 0 aromatic heterocycles. The topological polar surface area (TPSA) is 84.5 Å². The second-order valence-corrected chi connectivity index (χ2v) is 8.93. The first-order valence-corrected chi connectivity index (χ1v) is 11.0. The lowest BCUT2D eigenvalue weighted by atomic mass is 10.1. The first kappa shape index (κ1) is 22.3. The number of hydrogen-bond acceptors (Lipinski definition) is 4. The summed E-state index contributed by atoms with van der Waals surface area (Å²) in [7, 11) is -3.76. The Hall–Kier alpha value is -3.39. The van der Waals surface area contributed by atoms with Gasteiger partial charge in [-0.2, -0.15) is 0 Å². The fourth-order valence-corrected chi connectivity index (χ4v) is 4.07. The van der Waals surface area contributed by atoms with Crippen LogP contribution >= 0.6 is 0 Å². The van der Waals surface area contributed by atoms with E-state index in [0.717, 1.165) is 16.7 Å². The molecule has 0 aliphatic heterocycles. The van der Waals surface area contributed by atoms with Gasteiger partial charge in [-0.15, -0.1) is 0 Å². The molecule has 0 saturated carbocycles. The molecule has 0 aliphatic rings. The monoisotopic (exact) mass is 442 g/mol. The van der Waals surface area contributed by atoms with Crippen LogP contribution in [0.3, 0.4) is 0 Å². The van der Waals surface area contributed by atoms with Gasteiger partial charge in [0.2, 0.25) is 0 Å². The highest BCUT2D eigenvalue weighted by Gasteiger charge is 2.15. The molecular formula is C23H23FN2O4S. The molecule has 0 spiro atoms. The van der Waals surface area contributed by atoms with Gasteiger partial charge in [-0.3, -0.25) is 9.52 Å². The number of carbonyl (C=O) groups is 1. The molecule has 8 heteroatoms. The summed E-state index contributed by atoms with van der Waals surface area (Å²) >= 11 is 0. The van der Waals surface area contributed by atoms with E-state index >= 15 is 0 Å². The average molecular weight is 443 g/mol. The Bertz CT molecular complexity index is 1190. The molecule has 3 aromatic rings. The standard InChI is InChI=1S/C23H23FN2O4S/c1-15-10-16(2)12-19(11-15)26-31(28,29)21-8-6-20(7-9-21)30-14-23(27)25-22-13-18(24)5-4-17(22)3/h4-13,26H,14H2,1-3H3,(H,25,27). The van der Waals surface area contributed by atoms with Crippen LogP contribution in [0.5, 0.6) is 5.75 Å². The molecule has 0 heterocycles. The number of nitrogens with one attached hydrogen (secondary N) is 2. The van der Waals surface area contributed by atoms with E-state index in [1.165, 1.54) is 36.4 Å². The third-order valence-electron chi connectivity index (χ3n) is 4.45. The van der Waals surface area contributed by atoms with E-state index in [9.17, 15) is 17.6 Å². The van der Waals surface area contributed by atoms with Gasteiger partial charge < -0.3 is 10.1 Å². The van der Waals surface area contributed by atoms with E-state index in [1.807, 2.05) is 19.9 Å². The molecular weight excluding hydrogens is 419 g/mol. The van der Waals surface area contributed by atoms with Gasteiger partial charge >= 0.3 is 0 Å². The van der Waals surface area contributed by atoms with Crippen molar-refractivity contribution in [1.29, 1.82) is 0 Å². The summed E-state index contributed by atoms with van der Waals surface area (Å²) in [5.74, 6) is -0.577. The second-order valence-electron chi connectivity index (χ2n) is 7.25. The quantitative estimate of drug-likeness (QED) is 0.561. The zero-order chi connectivity index (χ0) is 22.6. The van der Waals surface area contributed by atoms with Gasteiger partial charge in [-0.1, -0.05) is 12.1 Å². The predicted molar refractivity (Wildman–Crippen MR) is 118 cm³/mol. The summed E-state index contributed by atoms with van der Waals surface area (Å²) in [6, 6.07) is 15.3. The highest BCUT2D eigenvalue weighted by Crippen LogP contribution is 2.21. The molecule has 0 saturated heterocycles. The number of sulfonamides is 1. The van der Waals surface area contributed by atoms with Gasteiger partial charge in [-0.05, 0) is 86.0 Å². The summed E-state index contributed by atoms with van der Waals surface area (Å²) in [4.78, 5) is 12.1. The third-order valence-corrected chi connectivity index (χ3v) is 5.85. The minimum absolute atomic E-state index is 0.0684. The molecule has 0 aliphatic carbocycles. The molecule has 3 aromatic carbocycles. The van der Waals surface area contributed by atoms with Crippen molar-refractivity contribution >= 4 is 27.3 Å². The number of aryl methyl sites for hydroxylation is 3. The van der Waals surface area contributed by atoms with Gasteiger partial charge in [0.15, 0.2) is 6.61 Å². The van der Waals surface area contributed by atoms with Gasteiger partial charge in [0, 0.05) is 11.4 Å². The Morgan fingerprint density at radius 1 is 0.935 bits per heavy atom. The van der Waals surface area contributed by atoms with Crippen LogP contribution in [0.15, 0.2) is 65.6 Å². The van der Waals surface area contributed by atoms with Crippen molar-refractivity contribution in [2.24, 2.45) is 0 Å². The smallest absolute Gasteiger partial charge is 0.262 e. The molecule has 162 valence electrons. The van der Waals surface area contributed by atoms with E-state index in [1.54, 1.807) is 25.1 Å². The van der Waals surface area contributed by atoms with Crippen molar-refractivity contribution in [2.75, 3.05) is 16.6 Å². The van der Waals surface area contributed by atoms with Crippen LogP contribution in [0.4, 0.5) is 15.8 Å². The van der Waals surface area contributed by atoms with Crippen molar-refractivity contribution in [2.45, 2.75) is 25.7 Å². The summed E-state index contributed by atoms with van der Waals surface area (Å²) in [6.45, 7) is 5.23. The fraction of sp³-hybridized carbons (Fsp3) is 0.174. The SMILES string of the molecule is Cc1cc(C)cc(NS(=O)(=O)c2ccc(OCC(=O)Nc3cc(F)ccc3C)cc2)c1. The first-order chi connectivity index (χ1) is 14.6. The Morgan fingerprint density at radius 3 is 2.23 bits per heavy atom. The minimum Gasteiger partial charge on any atom is -0.484 e. The van der Waals surface area contributed by atoms with Crippen molar-refractivity contribution in [3.63, 3.8) is 0 Å². The molecule has 6 nitrogen and oxygen atoms in total. The van der Waals surface area contributed by atoms with E-state index in [4.69, 9.17) is 4.74 Å². The van der Waals surface area contributed by atoms with Crippen molar-refractivity contribution < 1.29 is 22.3 Å². The van der Waals surface area contributed by atoms with Crippen LogP contribution in [0.2, 0.25) is 0 Å². The molecule has 0 atom stereocenters. The van der Waals surface area contributed by atoms with Crippen LogP contribution in [-0.4, -0.2) is 20.9 Å². The summed E-state index contributed by atoms with van der Waals surface area (Å²) in [5.41, 5.74) is 3.48. The summed E-state index contributed by atoms with van der Waals surface area (Å²) in [6.07, 6.45) is 0. The van der Waals surface area contributed by atoms with Gasteiger partial charge in [-0.25, -0.2) is 12.8 Å². The maximum Gasteiger partial charge on any atom is 0.262 e. The minimum atomic E-state index is -3.76. The van der Waals surface area contributed by atoms with Crippen LogP contribution in [0.25, 0.3) is 0 Å². The number of ether oxygens (including phenoxy) is 1. The molecule has 0 fully saturated rings. The maximum absolute atomic E-state index is 13.3. The van der Waals surface area contributed by atoms with E-state index < -0.39 is 21.7 Å². The van der Waals surface area contributed by atoms with Crippen LogP contribution in [-0.2, 0) is 14.8 Å². The van der Waals surface area contributed by atoms with E-state index in [0.29, 0.717) is 17.1 Å². The molecule has 0 radical (unpaired) electrons. The number of anilines is 2. The van der Waals surface area contributed by atoms with Gasteiger partial charge in [0.25, 0.3) is 15.9 Å². The lowest BCUT2D eigenvalue weighted by Gasteiger charge is -2.11. The van der Waals surface area contributed by atoms with Crippen LogP contribution in [0.1, 0.15) is 16.7 Å².